The van der Waals surface area contributed by atoms with Crippen molar-refractivity contribution >= 4 is 7.85 Å². The standard InChI is InChI=1S/C8H15BO3/c1-3-8(2)5(4-10)12-7(9)6(8)11/h5-7,10-11H,3-4H2,1-2H3/t5?,6-,7+,8-/m1/s1. The van der Waals surface area contributed by atoms with Crippen LogP contribution in [0.15, 0.2) is 0 Å². The topological polar surface area (TPSA) is 49.7 Å². The summed E-state index contributed by atoms with van der Waals surface area (Å²) in [5.41, 5.74) is -0.409. The Kier molecular flexibility index (Phi) is 2.81. The Morgan fingerprint density at radius 3 is 2.50 bits per heavy atom. The van der Waals surface area contributed by atoms with Gasteiger partial charge in [-0.25, -0.2) is 0 Å². The summed E-state index contributed by atoms with van der Waals surface area (Å²) in [6.45, 7) is 3.74. The maximum absolute atomic E-state index is 9.66. The maximum Gasteiger partial charge on any atom is 0.112 e. The smallest absolute Gasteiger partial charge is 0.112 e. The predicted molar refractivity (Wildman–Crippen MR) is 45.9 cm³/mol. The summed E-state index contributed by atoms with van der Waals surface area (Å²) in [5.74, 6) is 0. The van der Waals surface area contributed by atoms with Gasteiger partial charge in [-0.1, -0.05) is 13.8 Å². The van der Waals surface area contributed by atoms with Crippen LogP contribution in [0.25, 0.3) is 0 Å². The maximum atomic E-state index is 9.66. The molecule has 0 spiro atoms. The molecule has 1 unspecified atom stereocenters. The molecular formula is C8H15BO3. The van der Waals surface area contributed by atoms with Gasteiger partial charge in [0.2, 0.25) is 0 Å². The van der Waals surface area contributed by atoms with Crippen molar-refractivity contribution in [3.63, 3.8) is 0 Å². The van der Waals surface area contributed by atoms with Crippen LogP contribution in [0.1, 0.15) is 20.3 Å². The van der Waals surface area contributed by atoms with E-state index in [-0.39, 0.29) is 12.7 Å². The molecule has 4 heteroatoms. The van der Waals surface area contributed by atoms with Gasteiger partial charge in [0.25, 0.3) is 0 Å². The van der Waals surface area contributed by atoms with E-state index in [0.29, 0.717) is 0 Å². The minimum Gasteiger partial charge on any atom is -0.394 e. The van der Waals surface area contributed by atoms with Crippen LogP contribution in [0, 0.1) is 5.41 Å². The lowest BCUT2D eigenvalue weighted by Crippen LogP contribution is -2.39. The van der Waals surface area contributed by atoms with Crippen molar-refractivity contribution in [3.05, 3.63) is 0 Å². The lowest BCUT2D eigenvalue weighted by atomic mass is 9.74. The summed E-state index contributed by atoms with van der Waals surface area (Å²) < 4.78 is 5.21. The van der Waals surface area contributed by atoms with Crippen LogP contribution < -0.4 is 0 Å². The zero-order valence-corrected chi connectivity index (χ0v) is 7.53. The van der Waals surface area contributed by atoms with E-state index in [1.54, 1.807) is 0 Å². The number of aliphatic hydroxyl groups excluding tert-OH is 2. The molecule has 0 aliphatic carbocycles. The van der Waals surface area contributed by atoms with Crippen LogP contribution in [-0.2, 0) is 4.74 Å². The summed E-state index contributed by atoms with van der Waals surface area (Å²) >= 11 is 0. The van der Waals surface area contributed by atoms with Crippen molar-refractivity contribution in [2.24, 2.45) is 5.41 Å². The molecule has 0 aromatic carbocycles. The van der Waals surface area contributed by atoms with Gasteiger partial charge in [0.05, 0.1) is 18.8 Å². The van der Waals surface area contributed by atoms with Crippen molar-refractivity contribution in [1.29, 1.82) is 0 Å². The van der Waals surface area contributed by atoms with Gasteiger partial charge >= 0.3 is 0 Å². The highest BCUT2D eigenvalue weighted by molar-refractivity contribution is 6.11. The van der Waals surface area contributed by atoms with Gasteiger partial charge in [-0.2, -0.15) is 0 Å². The first-order valence-corrected chi connectivity index (χ1v) is 4.26. The molecule has 2 N–H and O–H groups in total. The van der Waals surface area contributed by atoms with Crippen LogP contribution in [0.4, 0.5) is 0 Å². The molecule has 1 aliphatic heterocycles. The molecule has 1 aliphatic rings. The second-order valence-corrected chi connectivity index (χ2v) is 3.58. The normalized spacial score (nSPS) is 48.2. The molecule has 1 fully saturated rings. The Labute approximate surface area is 74.1 Å². The Bertz CT molecular complexity index is 164. The molecule has 4 atom stereocenters. The van der Waals surface area contributed by atoms with Gasteiger partial charge in [0.15, 0.2) is 0 Å². The Balaban J connectivity index is 2.80. The van der Waals surface area contributed by atoms with E-state index < -0.39 is 17.5 Å². The van der Waals surface area contributed by atoms with E-state index >= 15 is 0 Å². The SMILES string of the molecule is [B][C@H]1OC(CO)[C@@](C)(CC)[C@@H]1O. The molecule has 0 saturated carbocycles. The van der Waals surface area contributed by atoms with E-state index in [9.17, 15) is 5.11 Å². The molecule has 12 heavy (non-hydrogen) atoms. The summed E-state index contributed by atoms with van der Waals surface area (Å²) in [6.07, 6.45) is -0.278. The Morgan fingerprint density at radius 2 is 2.17 bits per heavy atom. The third kappa shape index (κ3) is 1.28. The summed E-state index contributed by atoms with van der Waals surface area (Å²) in [7, 11) is 5.51. The minimum absolute atomic E-state index is 0.0882. The molecule has 1 saturated heterocycles. The van der Waals surface area contributed by atoms with Crippen LogP contribution in [0.3, 0.4) is 0 Å². The average molecular weight is 170 g/mol. The van der Waals surface area contributed by atoms with Gasteiger partial charge in [-0.3, -0.25) is 0 Å². The first kappa shape index (κ1) is 10.0. The first-order chi connectivity index (χ1) is 5.56. The molecule has 3 nitrogen and oxygen atoms in total. The summed E-state index contributed by atoms with van der Waals surface area (Å²) in [6, 6.07) is -0.660. The largest absolute Gasteiger partial charge is 0.394 e. The third-order valence-corrected chi connectivity index (χ3v) is 2.97. The fourth-order valence-corrected chi connectivity index (χ4v) is 1.67. The van der Waals surface area contributed by atoms with Crippen LogP contribution >= 0.6 is 0 Å². The van der Waals surface area contributed by atoms with E-state index in [1.807, 2.05) is 13.8 Å². The van der Waals surface area contributed by atoms with Gasteiger partial charge in [0.1, 0.15) is 7.85 Å². The van der Waals surface area contributed by atoms with Crippen LogP contribution in [0.2, 0.25) is 0 Å². The van der Waals surface area contributed by atoms with Gasteiger partial charge in [0, 0.05) is 11.4 Å². The number of rotatable bonds is 2. The van der Waals surface area contributed by atoms with E-state index in [2.05, 4.69) is 0 Å². The highest BCUT2D eigenvalue weighted by Crippen LogP contribution is 2.40. The van der Waals surface area contributed by atoms with Crippen molar-refractivity contribution < 1.29 is 14.9 Å². The van der Waals surface area contributed by atoms with Crippen molar-refractivity contribution in [2.75, 3.05) is 6.61 Å². The molecule has 68 valence electrons. The second-order valence-electron chi connectivity index (χ2n) is 3.58. The monoisotopic (exact) mass is 170 g/mol. The van der Waals surface area contributed by atoms with Crippen LogP contribution in [0.5, 0.6) is 0 Å². The average Bonchev–Trinajstić information content (AvgIpc) is 2.30. The quantitative estimate of drug-likeness (QED) is 0.557. The molecular weight excluding hydrogens is 155 g/mol. The first-order valence-electron chi connectivity index (χ1n) is 4.26. The number of ether oxygens (including phenoxy) is 1. The Hall–Kier alpha value is -0.0551. The molecule has 0 bridgehead atoms. The number of hydrogen-bond acceptors (Lipinski definition) is 3. The second kappa shape index (κ2) is 3.36. The lowest BCUT2D eigenvalue weighted by Gasteiger charge is -2.30. The molecule has 2 radical (unpaired) electrons. The molecule has 0 aromatic rings. The lowest BCUT2D eigenvalue weighted by molar-refractivity contribution is -0.00410. The van der Waals surface area contributed by atoms with E-state index in [4.69, 9.17) is 17.7 Å². The summed E-state index contributed by atoms with van der Waals surface area (Å²) in [4.78, 5) is 0. The van der Waals surface area contributed by atoms with Crippen molar-refractivity contribution in [2.45, 2.75) is 38.5 Å². The third-order valence-electron chi connectivity index (χ3n) is 2.97. The number of aliphatic hydroxyl groups is 2. The predicted octanol–water partition coefficient (Wildman–Crippen LogP) is -0.351. The fraction of sp³-hybridized carbons (Fsp3) is 1.00. The molecule has 0 aromatic heterocycles. The highest BCUT2D eigenvalue weighted by Gasteiger charge is 2.49. The zero-order chi connectivity index (χ0) is 9.35. The summed E-state index contributed by atoms with van der Waals surface area (Å²) in [5, 5.41) is 18.6. The van der Waals surface area contributed by atoms with Crippen molar-refractivity contribution in [1.82, 2.24) is 0 Å². The van der Waals surface area contributed by atoms with Crippen LogP contribution in [-0.4, -0.2) is 42.9 Å². The van der Waals surface area contributed by atoms with E-state index in [1.165, 1.54) is 0 Å². The molecule has 1 heterocycles. The highest BCUT2D eigenvalue weighted by atomic mass is 16.5. The minimum atomic E-state index is -0.681. The van der Waals surface area contributed by atoms with Crippen molar-refractivity contribution in [3.8, 4) is 0 Å². The molecule has 1 rings (SSSR count). The van der Waals surface area contributed by atoms with Gasteiger partial charge < -0.3 is 14.9 Å². The zero-order valence-electron chi connectivity index (χ0n) is 7.53. The van der Waals surface area contributed by atoms with Gasteiger partial charge in [-0.05, 0) is 6.42 Å². The van der Waals surface area contributed by atoms with Gasteiger partial charge in [-0.15, -0.1) is 0 Å². The Morgan fingerprint density at radius 1 is 1.58 bits per heavy atom. The molecule has 0 amide bonds. The van der Waals surface area contributed by atoms with E-state index in [0.717, 1.165) is 6.42 Å². The number of hydrogen-bond donors (Lipinski definition) is 2. The fourth-order valence-electron chi connectivity index (χ4n) is 1.67.